The van der Waals surface area contributed by atoms with E-state index >= 15 is 0 Å². The molecule has 0 radical (unpaired) electrons. The Labute approximate surface area is 136 Å². The van der Waals surface area contributed by atoms with Gasteiger partial charge in [-0.05, 0) is 68.2 Å². The molecule has 1 aromatic rings. The van der Waals surface area contributed by atoms with E-state index in [2.05, 4.69) is 42.3 Å². The van der Waals surface area contributed by atoms with E-state index in [0.717, 1.165) is 19.0 Å². The minimum Gasteiger partial charge on any atom is -0.298 e. The lowest BCUT2D eigenvalue weighted by Gasteiger charge is -2.16. The average Bonchev–Trinajstić information content (AvgIpc) is 2.91. The van der Waals surface area contributed by atoms with Gasteiger partial charge in [-0.1, -0.05) is 49.6 Å². The fourth-order valence-corrected chi connectivity index (χ4v) is 4.02. The molecule has 2 aliphatic carbocycles. The lowest BCUT2D eigenvalue weighted by atomic mass is 10.00. The Morgan fingerprint density at radius 2 is 1.77 bits per heavy atom. The van der Waals surface area contributed by atoms with Crippen LogP contribution in [0.15, 0.2) is 30.4 Å². The molecule has 1 aromatic carbocycles. The van der Waals surface area contributed by atoms with Gasteiger partial charge in [-0.2, -0.15) is 0 Å². The van der Waals surface area contributed by atoms with Crippen LogP contribution < -0.4 is 0 Å². The molecule has 0 heterocycles. The Morgan fingerprint density at radius 1 is 1.00 bits per heavy atom. The Balaban J connectivity index is 1.52. The largest absolute Gasteiger partial charge is 0.298 e. The van der Waals surface area contributed by atoms with Crippen LogP contribution in [0.3, 0.4) is 0 Å². The molecule has 0 N–H and O–H groups in total. The van der Waals surface area contributed by atoms with Gasteiger partial charge in [0.15, 0.2) is 0 Å². The number of fused-ring (bicyclic) bond motifs is 1. The van der Waals surface area contributed by atoms with Gasteiger partial charge in [-0.25, -0.2) is 0 Å². The predicted molar refractivity (Wildman–Crippen MR) is 95.1 cm³/mol. The highest BCUT2D eigenvalue weighted by atomic mass is 15.1. The Bertz CT molecular complexity index is 497. The highest BCUT2D eigenvalue weighted by molar-refractivity contribution is 5.33. The number of allylic oxidation sites excluding steroid dienone is 1. The summed E-state index contributed by atoms with van der Waals surface area (Å²) in [6.45, 7) is 2.15. The van der Waals surface area contributed by atoms with Crippen LogP contribution in [0.2, 0.25) is 0 Å². The molecule has 1 nitrogen and oxygen atoms in total. The normalized spacial score (nSPS) is 19.7. The van der Waals surface area contributed by atoms with Gasteiger partial charge in [0.1, 0.15) is 0 Å². The van der Waals surface area contributed by atoms with E-state index in [4.69, 9.17) is 0 Å². The van der Waals surface area contributed by atoms with Gasteiger partial charge in [0.05, 0.1) is 0 Å². The van der Waals surface area contributed by atoms with E-state index in [1.165, 1.54) is 63.4 Å². The minimum absolute atomic E-state index is 0.862. The number of benzene rings is 1. The maximum Gasteiger partial charge on any atom is 0.0234 e. The zero-order valence-corrected chi connectivity index (χ0v) is 14.2. The van der Waals surface area contributed by atoms with E-state index in [9.17, 15) is 0 Å². The number of rotatable bonds is 5. The Morgan fingerprint density at radius 3 is 2.59 bits per heavy atom. The number of aryl methyl sites for hydroxylation is 2. The molecule has 2 aliphatic rings. The summed E-state index contributed by atoms with van der Waals surface area (Å²) in [5, 5.41) is 0. The van der Waals surface area contributed by atoms with Gasteiger partial charge in [0, 0.05) is 13.1 Å². The molecular weight excluding hydrogens is 266 g/mol. The van der Waals surface area contributed by atoms with Crippen molar-refractivity contribution in [3.8, 4) is 0 Å². The van der Waals surface area contributed by atoms with Gasteiger partial charge < -0.3 is 0 Å². The van der Waals surface area contributed by atoms with Gasteiger partial charge in [0.25, 0.3) is 0 Å². The monoisotopic (exact) mass is 297 g/mol. The van der Waals surface area contributed by atoms with Crippen molar-refractivity contribution in [2.75, 3.05) is 13.6 Å². The standard InChI is InChI=1S/C21H31N/c1-22(15-7-10-18-8-5-6-9-18)17-19-13-14-20-11-3-2-4-12-21(20)16-19/h7,10,13-14,16,18H,2-6,8-9,11-12,15,17H2,1H3/b10-7+. The van der Waals surface area contributed by atoms with Crippen molar-refractivity contribution in [1.82, 2.24) is 4.90 Å². The fraction of sp³-hybridized carbons (Fsp3) is 0.619. The summed E-state index contributed by atoms with van der Waals surface area (Å²) in [4.78, 5) is 2.43. The summed E-state index contributed by atoms with van der Waals surface area (Å²) in [6.07, 6.45) is 17.2. The molecule has 3 rings (SSSR count). The topological polar surface area (TPSA) is 3.24 Å². The molecule has 1 heteroatoms. The fourth-order valence-electron chi connectivity index (χ4n) is 4.02. The van der Waals surface area contributed by atoms with Crippen molar-refractivity contribution < 1.29 is 0 Å². The quantitative estimate of drug-likeness (QED) is 0.537. The first-order valence-electron chi connectivity index (χ1n) is 9.27. The number of hydrogen-bond acceptors (Lipinski definition) is 1. The van der Waals surface area contributed by atoms with Crippen LogP contribution in [-0.4, -0.2) is 18.5 Å². The molecule has 0 atom stereocenters. The molecule has 1 saturated carbocycles. The summed E-state index contributed by atoms with van der Waals surface area (Å²) in [5.41, 5.74) is 4.70. The molecular formula is C21H31N. The molecule has 0 aliphatic heterocycles. The second kappa shape index (κ2) is 7.97. The van der Waals surface area contributed by atoms with Crippen LogP contribution in [-0.2, 0) is 19.4 Å². The maximum absolute atomic E-state index is 2.47. The summed E-state index contributed by atoms with van der Waals surface area (Å²) in [5.74, 6) is 0.862. The van der Waals surface area contributed by atoms with Gasteiger partial charge in [0.2, 0.25) is 0 Å². The van der Waals surface area contributed by atoms with E-state index in [-0.39, 0.29) is 0 Å². The van der Waals surface area contributed by atoms with Crippen molar-refractivity contribution in [2.45, 2.75) is 64.3 Å². The van der Waals surface area contributed by atoms with Crippen molar-refractivity contribution >= 4 is 0 Å². The second-order valence-electron chi connectivity index (χ2n) is 7.33. The highest BCUT2D eigenvalue weighted by Crippen LogP contribution is 2.25. The number of likely N-dealkylation sites (N-methyl/N-ethyl adjacent to an activating group) is 1. The van der Waals surface area contributed by atoms with E-state index in [0.29, 0.717) is 0 Å². The summed E-state index contributed by atoms with van der Waals surface area (Å²) in [7, 11) is 2.24. The predicted octanol–water partition coefficient (Wildman–Crippen LogP) is 5.13. The van der Waals surface area contributed by atoms with Crippen LogP contribution in [0.5, 0.6) is 0 Å². The minimum atomic E-state index is 0.862. The molecule has 0 unspecified atom stereocenters. The SMILES string of the molecule is CN(C/C=C/C1CCCC1)Cc1ccc2c(c1)CCCCC2. The van der Waals surface area contributed by atoms with E-state index in [1.807, 2.05) is 0 Å². The first kappa shape index (κ1) is 15.8. The summed E-state index contributed by atoms with van der Waals surface area (Å²) < 4.78 is 0. The van der Waals surface area contributed by atoms with Crippen molar-refractivity contribution in [2.24, 2.45) is 5.92 Å². The molecule has 0 aromatic heterocycles. The van der Waals surface area contributed by atoms with Gasteiger partial charge >= 0.3 is 0 Å². The molecule has 0 bridgehead atoms. The molecule has 22 heavy (non-hydrogen) atoms. The molecule has 0 saturated heterocycles. The van der Waals surface area contributed by atoms with Crippen LogP contribution in [0.1, 0.15) is 61.6 Å². The third-order valence-corrected chi connectivity index (χ3v) is 5.34. The van der Waals surface area contributed by atoms with E-state index in [1.54, 1.807) is 11.1 Å². The zero-order valence-electron chi connectivity index (χ0n) is 14.2. The second-order valence-corrected chi connectivity index (χ2v) is 7.33. The smallest absolute Gasteiger partial charge is 0.0234 e. The zero-order chi connectivity index (χ0) is 15.2. The average molecular weight is 297 g/mol. The van der Waals surface area contributed by atoms with Crippen LogP contribution in [0.4, 0.5) is 0 Å². The molecule has 1 fully saturated rings. The molecule has 120 valence electrons. The summed E-state index contributed by atoms with van der Waals surface area (Å²) in [6, 6.07) is 7.21. The number of hydrogen-bond donors (Lipinski definition) is 0. The molecule has 0 amide bonds. The lowest BCUT2D eigenvalue weighted by molar-refractivity contribution is 0.362. The third-order valence-electron chi connectivity index (χ3n) is 5.34. The highest BCUT2D eigenvalue weighted by Gasteiger charge is 2.11. The maximum atomic E-state index is 2.47. The lowest BCUT2D eigenvalue weighted by Crippen LogP contribution is -2.18. The third kappa shape index (κ3) is 4.46. The Hall–Kier alpha value is -1.08. The van der Waals surface area contributed by atoms with Crippen LogP contribution >= 0.6 is 0 Å². The Kier molecular flexibility index (Phi) is 5.72. The van der Waals surface area contributed by atoms with Gasteiger partial charge in [-0.15, -0.1) is 0 Å². The van der Waals surface area contributed by atoms with E-state index < -0.39 is 0 Å². The van der Waals surface area contributed by atoms with Crippen molar-refractivity contribution in [3.63, 3.8) is 0 Å². The van der Waals surface area contributed by atoms with Crippen molar-refractivity contribution in [3.05, 3.63) is 47.0 Å². The van der Waals surface area contributed by atoms with Crippen LogP contribution in [0.25, 0.3) is 0 Å². The van der Waals surface area contributed by atoms with Crippen LogP contribution in [0, 0.1) is 5.92 Å². The van der Waals surface area contributed by atoms with Gasteiger partial charge in [-0.3, -0.25) is 4.90 Å². The first-order chi connectivity index (χ1) is 10.8. The first-order valence-corrected chi connectivity index (χ1v) is 9.27. The number of nitrogens with zero attached hydrogens (tertiary/aromatic N) is 1. The van der Waals surface area contributed by atoms with Crippen molar-refractivity contribution in [1.29, 1.82) is 0 Å². The summed E-state index contributed by atoms with van der Waals surface area (Å²) >= 11 is 0. The molecule has 0 spiro atoms.